The Bertz CT molecular complexity index is 1130. The predicted molar refractivity (Wildman–Crippen MR) is 125 cm³/mol. The molecule has 0 spiro atoms. The molecule has 3 aromatic rings. The number of allylic oxidation sites excluding steroid dienone is 1. The molecule has 1 N–H and O–H groups in total. The Kier molecular flexibility index (Phi) is 6.39. The van der Waals surface area contributed by atoms with E-state index in [2.05, 4.69) is 32.0 Å². The number of aromatic nitrogens is 2. The first-order valence-corrected chi connectivity index (χ1v) is 11.2. The summed E-state index contributed by atoms with van der Waals surface area (Å²) < 4.78 is 0.519. The Hall–Kier alpha value is -3.10. The third kappa shape index (κ3) is 4.50. The standard InChI is InChI=1S/C23H25N5O2S/c1-3-18(24-4-2)21-25-19-17(15-31-20(19)22(29)26-21)23(30)28-12-10-27(11-13-28)14-16-8-6-5-7-9-16/h3-9,15H,10-14H2,1-2H3,(H,25,26,29)/b18-3-,24-4-. The molecule has 160 valence electrons. The van der Waals surface area contributed by atoms with Crippen molar-refractivity contribution in [2.24, 2.45) is 4.99 Å². The van der Waals surface area contributed by atoms with Crippen molar-refractivity contribution in [1.29, 1.82) is 0 Å². The van der Waals surface area contributed by atoms with Crippen LogP contribution < -0.4 is 0 Å². The fraction of sp³-hybridized carbons (Fsp3) is 0.304. The van der Waals surface area contributed by atoms with Crippen LogP contribution in [0.25, 0.3) is 15.9 Å². The summed E-state index contributed by atoms with van der Waals surface area (Å²) in [5.74, 6) is 0.129. The van der Waals surface area contributed by atoms with Gasteiger partial charge in [-0.15, -0.1) is 11.3 Å². The SMILES string of the molecule is C/C=N\C(=C/C)c1nc(O)c2scc(C(=O)N3CCN(Cc4ccccc4)CC3)c2n1. The minimum Gasteiger partial charge on any atom is -0.492 e. The number of thiophene rings is 1. The van der Waals surface area contributed by atoms with Crippen molar-refractivity contribution >= 4 is 39.4 Å². The topological polar surface area (TPSA) is 81.9 Å². The van der Waals surface area contributed by atoms with Crippen LogP contribution in [0.15, 0.2) is 46.8 Å². The minimum atomic E-state index is -0.123. The summed E-state index contributed by atoms with van der Waals surface area (Å²) in [4.78, 5) is 30.5. The van der Waals surface area contributed by atoms with E-state index in [9.17, 15) is 9.90 Å². The average Bonchev–Trinajstić information content (AvgIpc) is 3.23. The number of fused-ring (bicyclic) bond motifs is 1. The number of aliphatic imine (C=N–C) groups is 1. The highest BCUT2D eigenvalue weighted by Gasteiger charge is 2.26. The smallest absolute Gasteiger partial charge is 0.257 e. The van der Waals surface area contributed by atoms with Crippen molar-refractivity contribution in [2.75, 3.05) is 26.2 Å². The molecule has 3 heterocycles. The molecule has 0 bridgehead atoms. The molecule has 2 aromatic heterocycles. The minimum absolute atomic E-state index is 0.0596. The molecule has 7 nitrogen and oxygen atoms in total. The Morgan fingerprint density at radius 1 is 1.16 bits per heavy atom. The van der Waals surface area contributed by atoms with E-state index >= 15 is 0 Å². The molecule has 1 aromatic carbocycles. The monoisotopic (exact) mass is 435 g/mol. The molecule has 1 fully saturated rings. The summed E-state index contributed by atoms with van der Waals surface area (Å²) in [5.41, 5.74) is 2.82. The number of benzene rings is 1. The lowest BCUT2D eigenvalue weighted by atomic mass is 10.2. The maximum atomic E-state index is 13.3. The zero-order valence-corrected chi connectivity index (χ0v) is 18.5. The number of aromatic hydroxyl groups is 1. The van der Waals surface area contributed by atoms with E-state index in [0.717, 1.165) is 19.6 Å². The van der Waals surface area contributed by atoms with E-state index in [4.69, 9.17) is 0 Å². The van der Waals surface area contributed by atoms with Crippen LogP contribution in [0.2, 0.25) is 0 Å². The third-order valence-corrected chi connectivity index (χ3v) is 6.27. The van der Waals surface area contributed by atoms with Crippen molar-refractivity contribution in [3.8, 4) is 5.88 Å². The van der Waals surface area contributed by atoms with Gasteiger partial charge < -0.3 is 10.0 Å². The number of hydrogen-bond donors (Lipinski definition) is 1. The van der Waals surface area contributed by atoms with Gasteiger partial charge in [0.2, 0.25) is 5.88 Å². The molecule has 4 rings (SSSR count). The van der Waals surface area contributed by atoms with Gasteiger partial charge in [0.15, 0.2) is 5.82 Å². The van der Waals surface area contributed by atoms with Crippen LogP contribution >= 0.6 is 11.3 Å². The maximum Gasteiger partial charge on any atom is 0.257 e. The van der Waals surface area contributed by atoms with Gasteiger partial charge in [-0.3, -0.25) is 14.7 Å². The molecule has 31 heavy (non-hydrogen) atoms. The summed E-state index contributed by atoms with van der Waals surface area (Å²) in [5, 5.41) is 12.2. The molecule has 1 aliphatic rings. The summed E-state index contributed by atoms with van der Waals surface area (Å²) in [6.07, 6.45) is 3.43. The molecule has 1 aliphatic heterocycles. The van der Waals surface area contributed by atoms with Crippen LogP contribution in [-0.4, -0.2) is 63.2 Å². The van der Waals surface area contributed by atoms with Crippen LogP contribution in [0.5, 0.6) is 5.88 Å². The first-order valence-electron chi connectivity index (χ1n) is 10.3. The van der Waals surface area contributed by atoms with Crippen molar-refractivity contribution < 1.29 is 9.90 Å². The van der Waals surface area contributed by atoms with E-state index in [1.54, 1.807) is 24.6 Å². The predicted octanol–water partition coefficient (Wildman–Crippen LogP) is 3.81. The number of carbonyl (C=O) groups excluding carboxylic acids is 1. The Morgan fingerprint density at radius 3 is 2.58 bits per heavy atom. The Labute approximate surface area is 185 Å². The first kappa shape index (κ1) is 21.1. The second-order valence-corrected chi connectivity index (χ2v) is 8.19. The van der Waals surface area contributed by atoms with E-state index in [1.807, 2.05) is 30.0 Å². The van der Waals surface area contributed by atoms with Gasteiger partial charge in [0.1, 0.15) is 15.9 Å². The molecule has 0 aliphatic carbocycles. The van der Waals surface area contributed by atoms with Gasteiger partial charge in [-0.05, 0) is 19.4 Å². The molecule has 1 amide bonds. The number of amides is 1. The van der Waals surface area contributed by atoms with Crippen molar-refractivity contribution in [3.63, 3.8) is 0 Å². The number of hydrogen-bond acceptors (Lipinski definition) is 7. The fourth-order valence-corrected chi connectivity index (χ4v) is 4.56. The van der Waals surface area contributed by atoms with Crippen LogP contribution in [0.1, 0.15) is 35.6 Å². The van der Waals surface area contributed by atoms with Crippen LogP contribution in [-0.2, 0) is 6.54 Å². The lowest BCUT2D eigenvalue weighted by molar-refractivity contribution is 0.0630. The molecule has 0 radical (unpaired) electrons. The van der Waals surface area contributed by atoms with Gasteiger partial charge in [0, 0.05) is 44.3 Å². The second kappa shape index (κ2) is 9.36. The van der Waals surface area contributed by atoms with E-state index < -0.39 is 0 Å². The van der Waals surface area contributed by atoms with Crippen molar-refractivity contribution in [2.45, 2.75) is 20.4 Å². The van der Waals surface area contributed by atoms with Crippen LogP contribution in [0, 0.1) is 0 Å². The number of rotatable bonds is 5. The summed E-state index contributed by atoms with van der Waals surface area (Å²) >= 11 is 1.29. The zero-order chi connectivity index (χ0) is 21.8. The third-order valence-electron chi connectivity index (χ3n) is 5.31. The normalized spacial score (nSPS) is 15.8. The maximum absolute atomic E-state index is 13.3. The molecule has 1 saturated heterocycles. The summed E-state index contributed by atoms with van der Waals surface area (Å²) in [6.45, 7) is 7.49. The largest absolute Gasteiger partial charge is 0.492 e. The van der Waals surface area contributed by atoms with Gasteiger partial charge >= 0.3 is 0 Å². The number of carbonyl (C=O) groups is 1. The Balaban J connectivity index is 1.52. The molecule has 0 saturated carbocycles. The van der Waals surface area contributed by atoms with Gasteiger partial charge in [-0.25, -0.2) is 4.98 Å². The van der Waals surface area contributed by atoms with Crippen LogP contribution in [0.3, 0.4) is 0 Å². The van der Waals surface area contributed by atoms with E-state index in [1.165, 1.54) is 16.9 Å². The molecular weight excluding hydrogens is 410 g/mol. The molecular formula is C23H25N5O2S. The van der Waals surface area contributed by atoms with Gasteiger partial charge in [0.25, 0.3) is 5.91 Å². The van der Waals surface area contributed by atoms with E-state index in [0.29, 0.717) is 40.4 Å². The lowest BCUT2D eigenvalue weighted by Crippen LogP contribution is -2.48. The van der Waals surface area contributed by atoms with Gasteiger partial charge in [0.05, 0.1) is 5.56 Å². The summed E-state index contributed by atoms with van der Waals surface area (Å²) in [6, 6.07) is 10.4. The lowest BCUT2D eigenvalue weighted by Gasteiger charge is -2.34. The highest BCUT2D eigenvalue weighted by atomic mass is 32.1. The molecule has 0 unspecified atom stereocenters. The fourth-order valence-electron chi connectivity index (χ4n) is 3.69. The zero-order valence-electron chi connectivity index (χ0n) is 17.7. The van der Waals surface area contributed by atoms with Crippen molar-refractivity contribution in [1.82, 2.24) is 19.8 Å². The number of piperazine rings is 1. The molecule has 0 atom stereocenters. The van der Waals surface area contributed by atoms with E-state index in [-0.39, 0.29) is 11.8 Å². The summed E-state index contributed by atoms with van der Waals surface area (Å²) in [7, 11) is 0. The highest BCUT2D eigenvalue weighted by Crippen LogP contribution is 2.33. The average molecular weight is 436 g/mol. The Morgan fingerprint density at radius 2 is 1.90 bits per heavy atom. The van der Waals surface area contributed by atoms with Gasteiger partial charge in [-0.1, -0.05) is 36.4 Å². The van der Waals surface area contributed by atoms with Gasteiger partial charge in [-0.2, -0.15) is 4.98 Å². The van der Waals surface area contributed by atoms with Crippen LogP contribution in [0.4, 0.5) is 0 Å². The quantitative estimate of drug-likeness (QED) is 0.617. The highest BCUT2D eigenvalue weighted by molar-refractivity contribution is 7.17. The van der Waals surface area contributed by atoms with Crippen molar-refractivity contribution in [3.05, 3.63) is 58.7 Å². The second-order valence-electron chi connectivity index (χ2n) is 7.31. The first-order chi connectivity index (χ1) is 15.1. The number of nitrogens with zero attached hydrogens (tertiary/aromatic N) is 5. The molecule has 8 heteroatoms.